The molecule has 0 amide bonds. The molecule has 0 unspecified atom stereocenters. The highest BCUT2D eigenvalue weighted by molar-refractivity contribution is 6.30. The monoisotopic (exact) mass is 276 g/mol. The Hall–Kier alpha value is -1.82. The predicted molar refractivity (Wildman–Crippen MR) is 58.8 cm³/mol. The highest BCUT2D eigenvalue weighted by Gasteiger charge is 2.12. The van der Waals surface area contributed by atoms with Crippen LogP contribution >= 0.6 is 11.6 Å². The van der Waals surface area contributed by atoms with Crippen LogP contribution in [0.5, 0.6) is 0 Å². The van der Waals surface area contributed by atoms with Gasteiger partial charge in [0.15, 0.2) is 29.1 Å². The summed E-state index contributed by atoms with van der Waals surface area (Å²) in [7, 11) is 0. The number of nitrogens with one attached hydrogen (secondary N) is 1. The van der Waals surface area contributed by atoms with Crippen LogP contribution in [0.3, 0.4) is 0 Å². The van der Waals surface area contributed by atoms with Gasteiger partial charge in [-0.1, -0.05) is 11.6 Å². The largest absolute Gasteiger partial charge is 0.338 e. The summed E-state index contributed by atoms with van der Waals surface area (Å²) >= 11 is 5.49. The van der Waals surface area contributed by atoms with Crippen molar-refractivity contribution in [1.29, 1.82) is 0 Å². The van der Waals surface area contributed by atoms with Crippen LogP contribution in [0.15, 0.2) is 24.4 Å². The number of aromatic nitrogens is 1. The summed E-state index contributed by atoms with van der Waals surface area (Å²) < 4.78 is 51.9. The summed E-state index contributed by atoms with van der Waals surface area (Å²) in [6.45, 7) is 0. The van der Waals surface area contributed by atoms with E-state index < -0.39 is 23.3 Å². The Kier molecular flexibility index (Phi) is 3.38. The number of hydrogen-bond donors (Lipinski definition) is 1. The minimum absolute atomic E-state index is 0.0783. The molecule has 0 saturated carbocycles. The fourth-order valence-electron chi connectivity index (χ4n) is 1.27. The lowest BCUT2D eigenvalue weighted by atomic mass is 10.3. The molecule has 94 valence electrons. The van der Waals surface area contributed by atoms with Crippen LogP contribution in [0, 0.1) is 23.3 Å². The van der Waals surface area contributed by atoms with E-state index in [-0.39, 0.29) is 16.5 Å². The van der Waals surface area contributed by atoms with Crippen molar-refractivity contribution in [3.05, 3.63) is 52.7 Å². The molecule has 2 nitrogen and oxygen atoms in total. The van der Waals surface area contributed by atoms with Gasteiger partial charge in [0.05, 0.1) is 5.02 Å². The first-order chi connectivity index (χ1) is 8.47. The molecule has 0 atom stereocenters. The molecule has 0 aliphatic carbocycles. The smallest absolute Gasteiger partial charge is 0.194 e. The summed E-state index contributed by atoms with van der Waals surface area (Å²) in [5.74, 6) is -5.43. The van der Waals surface area contributed by atoms with Gasteiger partial charge in [0, 0.05) is 24.0 Å². The van der Waals surface area contributed by atoms with Gasteiger partial charge in [-0.2, -0.15) is 0 Å². The molecular weight excluding hydrogens is 272 g/mol. The average Bonchev–Trinajstić information content (AvgIpc) is 2.29. The van der Waals surface area contributed by atoms with Crippen molar-refractivity contribution in [3.63, 3.8) is 0 Å². The Balaban J connectivity index is 2.34. The van der Waals surface area contributed by atoms with E-state index in [1.807, 2.05) is 0 Å². The lowest BCUT2D eigenvalue weighted by Gasteiger charge is -2.07. The minimum atomic E-state index is -1.59. The van der Waals surface area contributed by atoms with Gasteiger partial charge in [-0.05, 0) is 6.07 Å². The summed E-state index contributed by atoms with van der Waals surface area (Å²) in [5.41, 5.74) is -0.167. The van der Waals surface area contributed by atoms with Gasteiger partial charge >= 0.3 is 0 Å². The Labute approximate surface area is 104 Å². The Bertz CT molecular complexity index is 581. The molecule has 1 heterocycles. The number of anilines is 2. The summed E-state index contributed by atoms with van der Waals surface area (Å²) in [6, 6.07) is 2.36. The van der Waals surface area contributed by atoms with Crippen LogP contribution in [0.1, 0.15) is 0 Å². The van der Waals surface area contributed by atoms with Crippen molar-refractivity contribution < 1.29 is 17.6 Å². The molecule has 0 fully saturated rings. The van der Waals surface area contributed by atoms with Gasteiger partial charge in [-0.3, -0.25) is 0 Å². The standard InChI is InChI=1S/C11H5ClF4N2/c12-5-1-9(15)11(17-4-5)18-6-2-7(13)10(16)8(14)3-6/h1-4H,(H,17,18). The normalized spacial score (nSPS) is 10.5. The predicted octanol–water partition coefficient (Wildman–Crippen LogP) is 4.04. The minimum Gasteiger partial charge on any atom is -0.338 e. The van der Waals surface area contributed by atoms with Crippen LogP contribution in [-0.4, -0.2) is 4.98 Å². The second-order valence-corrected chi connectivity index (χ2v) is 3.80. The molecule has 0 radical (unpaired) electrons. The zero-order valence-electron chi connectivity index (χ0n) is 8.65. The van der Waals surface area contributed by atoms with Gasteiger partial charge in [0.2, 0.25) is 0 Å². The van der Waals surface area contributed by atoms with Gasteiger partial charge < -0.3 is 5.32 Å². The third-order valence-electron chi connectivity index (χ3n) is 2.05. The van der Waals surface area contributed by atoms with E-state index in [0.29, 0.717) is 12.1 Å². The number of rotatable bonds is 2. The van der Waals surface area contributed by atoms with Gasteiger partial charge in [-0.25, -0.2) is 22.5 Å². The molecule has 0 spiro atoms. The molecule has 1 aromatic carbocycles. The van der Waals surface area contributed by atoms with Crippen molar-refractivity contribution in [2.24, 2.45) is 0 Å². The van der Waals surface area contributed by atoms with Crippen LogP contribution in [-0.2, 0) is 0 Å². The van der Waals surface area contributed by atoms with E-state index >= 15 is 0 Å². The van der Waals surface area contributed by atoms with E-state index in [0.717, 1.165) is 12.3 Å². The van der Waals surface area contributed by atoms with Gasteiger partial charge in [0.25, 0.3) is 0 Å². The molecule has 0 aliphatic heterocycles. The van der Waals surface area contributed by atoms with Gasteiger partial charge in [0.1, 0.15) is 0 Å². The number of halogens is 5. The maximum absolute atomic E-state index is 13.3. The Morgan fingerprint density at radius 2 is 1.56 bits per heavy atom. The van der Waals surface area contributed by atoms with Crippen molar-refractivity contribution in [2.45, 2.75) is 0 Å². The van der Waals surface area contributed by atoms with E-state index in [1.165, 1.54) is 0 Å². The number of nitrogens with zero attached hydrogens (tertiary/aromatic N) is 1. The molecule has 1 aromatic heterocycles. The molecule has 0 bridgehead atoms. The number of hydrogen-bond acceptors (Lipinski definition) is 2. The van der Waals surface area contributed by atoms with Crippen molar-refractivity contribution in [1.82, 2.24) is 4.98 Å². The molecule has 1 N–H and O–H groups in total. The Morgan fingerprint density at radius 3 is 2.11 bits per heavy atom. The first-order valence-corrected chi connectivity index (χ1v) is 5.08. The van der Waals surface area contributed by atoms with E-state index in [2.05, 4.69) is 10.3 Å². The van der Waals surface area contributed by atoms with Crippen molar-refractivity contribution in [3.8, 4) is 0 Å². The van der Waals surface area contributed by atoms with Gasteiger partial charge in [-0.15, -0.1) is 0 Å². The molecule has 0 saturated heterocycles. The zero-order chi connectivity index (χ0) is 13.3. The highest BCUT2D eigenvalue weighted by Crippen LogP contribution is 2.23. The van der Waals surface area contributed by atoms with Crippen LogP contribution < -0.4 is 5.32 Å². The molecule has 18 heavy (non-hydrogen) atoms. The zero-order valence-corrected chi connectivity index (χ0v) is 9.40. The first-order valence-electron chi connectivity index (χ1n) is 4.70. The van der Waals surface area contributed by atoms with E-state index in [9.17, 15) is 17.6 Å². The lowest BCUT2D eigenvalue weighted by molar-refractivity contribution is 0.448. The third kappa shape index (κ3) is 2.53. The quantitative estimate of drug-likeness (QED) is 0.661. The second kappa shape index (κ2) is 4.81. The molecule has 2 aromatic rings. The summed E-state index contributed by atoms with van der Waals surface area (Å²) in [6.07, 6.45) is 1.16. The summed E-state index contributed by atoms with van der Waals surface area (Å²) in [4.78, 5) is 3.60. The Morgan fingerprint density at radius 1 is 0.944 bits per heavy atom. The van der Waals surface area contributed by atoms with Crippen LogP contribution in [0.2, 0.25) is 5.02 Å². The lowest BCUT2D eigenvalue weighted by Crippen LogP contribution is -2.00. The molecule has 2 rings (SSSR count). The summed E-state index contributed by atoms with van der Waals surface area (Å²) in [5, 5.41) is 2.40. The second-order valence-electron chi connectivity index (χ2n) is 3.36. The van der Waals surface area contributed by atoms with Crippen LogP contribution in [0.4, 0.5) is 29.1 Å². The average molecular weight is 277 g/mol. The molecule has 7 heteroatoms. The van der Waals surface area contributed by atoms with E-state index in [1.54, 1.807) is 0 Å². The molecule has 0 aliphatic rings. The highest BCUT2D eigenvalue weighted by atomic mass is 35.5. The first kappa shape index (κ1) is 12.6. The van der Waals surface area contributed by atoms with E-state index in [4.69, 9.17) is 11.6 Å². The van der Waals surface area contributed by atoms with Crippen molar-refractivity contribution in [2.75, 3.05) is 5.32 Å². The number of benzene rings is 1. The van der Waals surface area contributed by atoms with Crippen molar-refractivity contribution >= 4 is 23.1 Å². The third-order valence-corrected chi connectivity index (χ3v) is 2.26. The fraction of sp³-hybridized carbons (Fsp3) is 0. The number of pyridine rings is 1. The fourth-order valence-corrected chi connectivity index (χ4v) is 1.42. The van der Waals surface area contributed by atoms with Crippen LogP contribution in [0.25, 0.3) is 0 Å². The topological polar surface area (TPSA) is 24.9 Å². The molecular formula is C11H5ClF4N2. The maximum Gasteiger partial charge on any atom is 0.194 e. The maximum atomic E-state index is 13.3. The SMILES string of the molecule is Fc1cc(Cl)cnc1Nc1cc(F)c(F)c(F)c1.